The maximum absolute atomic E-state index is 13.1. The third-order valence-electron chi connectivity index (χ3n) is 2.18. The molecule has 0 aromatic heterocycles. The standard InChI is InChI=1S/C9H4F9N/c10-7(11,8(12,13)9(14,15)16)5-1-3-6(4-2-5)19(17)18/h1-4H. The average molecular weight is 297 g/mol. The number of alkyl halides is 7. The first-order valence-electron chi connectivity index (χ1n) is 4.46. The molecule has 0 aliphatic carbocycles. The van der Waals surface area contributed by atoms with Crippen LogP contribution in [0.25, 0.3) is 0 Å². The van der Waals surface area contributed by atoms with Gasteiger partial charge in [-0.25, -0.2) is 0 Å². The molecular weight excluding hydrogens is 293 g/mol. The predicted octanol–water partition coefficient (Wildman–Crippen LogP) is 4.55. The fraction of sp³-hybridized carbons (Fsp3) is 0.333. The molecule has 0 N–H and O–H groups in total. The first-order chi connectivity index (χ1) is 8.41. The lowest BCUT2D eigenvalue weighted by molar-refractivity contribution is -0.359. The molecule has 0 heterocycles. The lowest BCUT2D eigenvalue weighted by Gasteiger charge is -2.28. The van der Waals surface area contributed by atoms with E-state index in [1.165, 1.54) is 0 Å². The SMILES string of the molecule is FN(F)c1ccc(C(F)(F)C(F)(F)C(F)(F)F)cc1. The second kappa shape index (κ2) is 4.49. The van der Waals surface area contributed by atoms with Gasteiger partial charge in [0.15, 0.2) is 0 Å². The monoisotopic (exact) mass is 297 g/mol. The molecule has 0 aliphatic rings. The Balaban J connectivity index is 3.20. The smallest absolute Gasteiger partial charge is 0.194 e. The van der Waals surface area contributed by atoms with Gasteiger partial charge in [0.05, 0.1) is 0 Å². The zero-order valence-corrected chi connectivity index (χ0v) is 8.66. The summed E-state index contributed by atoms with van der Waals surface area (Å²) < 4.78 is 111. The highest BCUT2D eigenvalue weighted by Gasteiger charge is 2.73. The molecule has 19 heavy (non-hydrogen) atoms. The van der Waals surface area contributed by atoms with E-state index in [-0.39, 0.29) is 24.3 Å². The van der Waals surface area contributed by atoms with Crippen molar-refractivity contribution in [3.8, 4) is 0 Å². The molecule has 0 saturated carbocycles. The van der Waals surface area contributed by atoms with Crippen LogP contribution < -0.4 is 5.34 Å². The summed E-state index contributed by atoms with van der Waals surface area (Å²) in [5.41, 5.74) is -2.66. The largest absolute Gasteiger partial charge is 0.460 e. The second-order valence-corrected chi connectivity index (χ2v) is 3.43. The van der Waals surface area contributed by atoms with Crippen molar-refractivity contribution >= 4 is 5.69 Å². The van der Waals surface area contributed by atoms with Gasteiger partial charge in [-0.1, -0.05) is 21.1 Å². The molecule has 1 nitrogen and oxygen atoms in total. The molecule has 0 fully saturated rings. The Morgan fingerprint density at radius 2 is 1.16 bits per heavy atom. The summed E-state index contributed by atoms with van der Waals surface area (Å²) in [6, 6.07) is 0.716. The van der Waals surface area contributed by atoms with E-state index in [4.69, 9.17) is 0 Å². The van der Waals surface area contributed by atoms with E-state index < -0.39 is 34.6 Å². The van der Waals surface area contributed by atoms with E-state index in [0.717, 1.165) is 0 Å². The van der Waals surface area contributed by atoms with Crippen molar-refractivity contribution in [1.82, 2.24) is 0 Å². The number of hydrogen-bond donors (Lipinski definition) is 0. The van der Waals surface area contributed by atoms with Crippen LogP contribution in [0.2, 0.25) is 0 Å². The molecule has 0 aliphatic heterocycles. The van der Waals surface area contributed by atoms with Crippen molar-refractivity contribution in [1.29, 1.82) is 0 Å². The Kier molecular flexibility index (Phi) is 3.65. The molecule has 1 aromatic carbocycles. The third kappa shape index (κ3) is 2.56. The third-order valence-corrected chi connectivity index (χ3v) is 2.18. The van der Waals surface area contributed by atoms with Gasteiger partial charge in [0, 0.05) is 5.56 Å². The summed E-state index contributed by atoms with van der Waals surface area (Å²) in [5, 5.41) is -1.51. The minimum Gasteiger partial charge on any atom is -0.194 e. The number of anilines is 1. The topological polar surface area (TPSA) is 3.24 Å². The van der Waals surface area contributed by atoms with Crippen LogP contribution in [0.3, 0.4) is 0 Å². The van der Waals surface area contributed by atoms with Crippen LogP contribution in [-0.2, 0) is 5.92 Å². The number of halogens is 9. The molecule has 108 valence electrons. The predicted molar refractivity (Wildman–Crippen MR) is 46.0 cm³/mol. The fourth-order valence-corrected chi connectivity index (χ4v) is 1.14. The molecule has 0 atom stereocenters. The Morgan fingerprint density at radius 3 is 1.47 bits per heavy atom. The number of benzene rings is 1. The van der Waals surface area contributed by atoms with Gasteiger partial charge >= 0.3 is 18.0 Å². The van der Waals surface area contributed by atoms with E-state index in [0.29, 0.717) is 0 Å². The Morgan fingerprint density at radius 1 is 0.737 bits per heavy atom. The Bertz CT molecular complexity index is 434. The molecule has 0 spiro atoms. The number of nitrogens with zero attached hydrogens (tertiary/aromatic N) is 1. The van der Waals surface area contributed by atoms with Gasteiger partial charge in [-0.15, -0.1) is 0 Å². The summed E-state index contributed by atoms with van der Waals surface area (Å²) in [6.07, 6.45) is -6.47. The van der Waals surface area contributed by atoms with Gasteiger partial charge in [-0.3, -0.25) is 0 Å². The van der Waals surface area contributed by atoms with Gasteiger partial charge in [-0.05, 0) is 17.5 Å². The van der Waals surface area contributed by atoms with Gasteiger partial charge in [0.1, 0.15) is 5.69 Å². The fourth-order valence-electron chi connectivity index (χ4n) is 1.14. The quantitative estimate of drug-likeness (QED) is 0.584. The van der Waals surface area contributed by atoms with Crippen molar-refractivity contribution < 1.29 is 39.7 Å². The van der Waals surface area contributed by atoms with Gasteiger partial charge in [-0.2, -0.15) is 30.7 Å². The molecule has 0 saturated heterocycles. The maximum atomic E-state index is 13.1. The van der Waals surface area contributed by atoms with Crippen LogP contribution in [-0.4, -0.2) is 12.1 Å². The van der Waals surface area contributed by atoms with E-state index in [9.17, 15) is 39.7 Å². The summed E-state index contributed by atoms with van der Waals surface area (Å²) in [5.74, 6) is -11.9. The number of rotatable bonds is 3. The summed E-state index contributed by atoms with van der Waals surface area (Å²) in [4.78, 5) is 0. The van der Waals surface area contributed by atoms with Gasteiger partial charge < -0.3 is 0 Å². The highest BCUT2D eigenvalue weighted by Crippen LogP contribution is 2.51. The van der Waals surface area contributed by atoms with E-state index in [1.807, 2.05) is 0 Å². The highest BCUT2D eigenvalue weighted by atomic mass is 19.4. The lowest BCUT2D eigenvalue weighted by atomic mass is 10.0. The Labute approximate surface area is 99.6 Å². The van der Waals surface area contributed by atoms with Crippen LogP contribution in [0.1, 0.15) is 5.56 Å². The van der Waals surface area contributed by atoms with Crippen LogP contribution >= 0.6 is 0 Å². The van der Waals surface area contributed by atoms with Crippen molar-refractivity contribution in [3.05, 3.63) is 29.8 Å². The maximum Gasteiger partial charge on any atom is 0.460 e. The molecule has 0 unspecified atom stereocenters. The normalized spacial score (nSPS) is 13.5. The zero-order chi connectivity index (χ0) is 15.1. The van der Waals surface area contributed by atoms with E-state index in [2.05, 4.69) is 0 Å². The van der Waals surface area contributed by atoms with Crippen LogP contribution in [0.5, 0.6) is 0 Å². The lowest BCUT2D eigenvalue weighted by Crippen LogP contribution is -2.50. The molecule has 0 radical (unpaired) electrons. The molecule has 10 heteroatoms. The van der Waals surface area contributed by atoms with Crippen molar-refractivity contribution in [3.63, 3.8) is 0 Å². The van der Waals surface area contributed by atoms with E-state index in [1.54, 1.807) is 0 Å². The number of hydrogen-bond acceptors (Lipinski definition) is 1. The molecule has 1 aromatic rings. The molecule has 1 rings (SSSR count). The summed E-state index contributed by atoms with van der Waals surface area (Å²) >= 11 is 0. The van der Waals surface area contributed by atoms with Crippen molar-refractivity contribution in [2.24, 2.45) is 0 Å². The molecular formula is C9H4F9N. The summed E-state index contributed by atoms with van der Waals surface area (Å²) in [7, 11) is 0. The van der Waals surface area contributed by atoms with Gasteiger partial charge in [0.25, 0.3) is 0 Å². The van der Waals surface area contributed by atoms with Crippen LogP contribution in [0, 0.1) is 0 Å². The molecule has 0 bridgehead atoms. The van der Waals surface area contributed by atoms with Crippen molar-refractivity contribution in [2.45, 2.75) is 18.0 Å². The zero-order valence-electron chi connectivity index (χ0n) is 8.66. The van der Waals surface area contributed by atoms with E-state index >= 15 is 0 Å². The van der Waals surface area contributed by atoms with Crippen molar-refractivity contribution in [2.75, 3.05) is 5.34 Å². The first-order valence-corrected chi connectivity index (χ1v) is 4.46. The highest BCUT2D eigenvalue weighted by molar-refractivity contribution is 5.44. The summed E-state index contributed by atoms with van der Waals surface area (Å²) in [6.45, 7) is 0. The second-order valence-electron chi connectivity index (χ2n) is 3.43. The minimum absolute atomic E-state index is 0.0706. The van der Waals surface area contributed by atoms with Crippen LogP contribution in [0.15, 0.2) is 24.3 Å². The minimum atomic E-state index is -6.47. The Hall–Kier alpha value is -1.61. The van der Waals surface area contributed by atoms with Crippen LogP contribution in [0.4, 0.5) is 45.4 Å². The molecule has 0 amide bonds. The first kappa shape index (κ1) is 15.4. The van der Waals surface area contributed by atoms with Gasteiger partial charge in [0.2, 0.25) is 0 Å². The average Bonchev–Trinajstić information content (AvgIpc) is 2.27.